The van der Waals surface area contributed by atoms with Crippen LogP contribution in [0.2, 0.25) is 0 Å². The number of hydrogen-bond donors (Lipinski definition) is 1. The predicted octanol–water partition coefficient (Wildman–Crippen LogP) is 3.33. The van der Waals surface area contributed by atoms with Crippen LogP contribution in [0.15, 0.2) is 12.1 Å². The van der Waals surface area contributed by atoms with Gasteiger partial charge in [0.15, 0.2) is 0 Å². The number of nitrogens with zero attached hydrogens (tertiary/aromatic N) is 1. The Morgan fingerprint density at radius 3 is 2.45 bits per heavy atom. The van der Waals surface area contributed by atoms with E-state index >= 15 is 0 Å². The molecule has 1 fully saturated rings. The molecule has 1 aliphatic rings. The molecule has 0 radical (unpaired) electrons. The number of piperidine rings is 1. The molecular formula is C19H31NO2. The summed E-state index contributed by atoms with van der Waals surface area (Å²) in [6.45, 7) is 14.1. The molecule has 0 saturated carbocycles. The van der Waals surface area contributed by atoms with Crippen molar-refractivity contribution in [3.63, 3.8) is 0 Å². The van der Waals surface area contributed by atoms with Gasteiger partial charge in [-0.05, 0) is 61.8 Å². The maximum absolute atomic E-state index is 10.3. The van der Waals surface area contributed by atoms with Crippen LogP contribution in [0, 0.1) is 32.6 Å². The van der Waals surface area contributed by atoms with Gasteiger partial charge in [-0.25, -0.2) is 0 Å². The predicted molar refractivity (Wildman–Crippen MR) is 91.5 cm³/mol. The minimum Gasteiger partial charge on any atom is -0.491 e. The lowest BCUT2D eigenvalue weighted by Gasteiger charge is -2.36. The monoisotopic (exact) mass is 305 g/mol. The summed E-state index contributed by atoms with van der Waals surface area (Å²) in [5, 5.41) is 10.3. The second-order valence-corrected chi connectivity index (χ2v) is 7.33. The number of ether oxygens (including phenoxy) is 1. The molecule has 0 unspecified atom stereocenters. The van der Waals surface area contributed by atoms with E-state index in [9.17, 15) is 5.11 Å². The molecule has 1 N–H and O–H groups in total. The Balaban J connectivity index is 1.86. The number of aliphatic hydroxyl groups is 1. The summed E-state index contributed by atoms with van der Waals surface area (Å²) < 4.78 is 5.88. The van der Waals surface area contributed by atoms with E-state index in [2.05, 4.69) is 51.7 Å². The van der Waals surface area contributed by atoms with Crippen LogP contribution in [0.25, 0.3) is 0 Å². The molecule has 1 heterocycles. The maximum Gasteiger partial charge on any atom is 0.122 e. The zero-order chi connectivity index (χ0) is 16.3. The van der Waals surface area contributed by atoms with Crippen molar-refractivity contribution in [3.05, 3.63) is 28.8 Å². The quantitative estimate of drug-likeness (QED) is 0.906. The first-order valence-corrected chi connectivity index (χ1v) is 8.46. The molecule has 1 aromatic carbocycles. The summed E-state index contributed by atoms with van der Waals surface area (Å²) in [4.78, 5) is 2.38. The highest BCUT2D eigenvalue weighted by atomic mass is 16.5. The number of β-amino-alcohol motifs (C(OH)–C–C–N with tert-alkyl or cyclic N) is 1. The van der Waals surface area contributed by atoms with Gasteiger partial charge in [0.1, 0.15) is 18.5 Å². The van der Waals surface area contributed by atoms with Crippen molar-refractivity contribution >= 4 is 0 Å². The normalized spacial score (nSPS) is 24.3. The first-order chi connectivity index (χ1) is 10.3. The van der Waals surface area contributed by atoms with Crippen molar-refractivity contribution in [2.24, 2.45) is 11.8 Å². The number of likely N-dealkylation sites (tertiary alicyclic amines) is 1. The first kappa shape index (κ1) is 17.3. The van der Waals surface area contributed by atoms with Gasteiger partial charge >= 0.3 is 0 Å². The average molecular weight is 305 g/mol. The smallest absolute Gasteiger partial charge is 0.122 e. The number of aliphatic hydroxyl groups excluding tert-OH is 1. The first-order valence-electron chi connectivity index (χ1n) is 8.46. The molecule has 124 valence electrons. The molecule has 3 atom stereocenters. The van der Waals surface area contributed by atoms with Crippen molar-refractivity contribution in [2.45, 2.75) is 47.1 Å². The summed E-state index contributed by atoms with van der Waals surface area (Å²) in [5.74, 6) is 2.34. The summed E-state index contributed by atoms with van der Waals surface area (Å²) in [6, 6.07) is 4.22. The average Bonchev–Trinajstić information content (AvgIpc) is 2.40. The largest absolute Gasteiger partial charge is 0.491 e. The number of hydrogen-bond acceptors (Lipinski definition) is 3. The molecule has 0 aliphatic carbocycles. The number of benzene rings is 1. The zero-order valence-corrected chi connectivity index (χ0v) is 14.7. The van der Waals surface area contributed by atoms with Crippen LogP contribution in [0.3, 0.4) is 0 Å². The third-order valence-electron chi connectivity index (χ3n) is 4.61. The fourth-order valence-corrected chi connectivity index (χ4v) is 3.63. The van der Waals surface area contributed by atoms with Crippen molar-refractivity contribution < 1.29 is 9.84 Å². The Hall–Kier alpha value is -1.06. The molecule has 0 amide bonds. The lowest BCUT2D eigenvalue weighted by Crippen LogP contribution is -2.44. The second-order valence-electron chi connectivity index (χ2n) is 7.33. The van der Waals surface area contributed by atoms with Gasteiger partial charge in [0.05, 0.1) is 0 Å². The van der Waals surface area contributed by atoms with Crippen molar-refractivity contribution in [2.75, 3.05) is 26.2 Å². The van der Waals surface area contributed by atoms with Gasteiger partial charge < -0.3 is 14.7 Å². The van der Waals surface area contributed by atoms with E-state index in [-0.39, 0.29) is 0 Å². The van der Waals surface area contributed by atoms with Gasteiger partial charge in [0.25, 0.3) is 0 Å². The number of rotatable bonds is 5. The van der Waals surface area contributed by atoms with Crippen LogP contribution in [0.5, 0.6) is 5.75 Å². The Labute approximate surface area is 135 Å². The Bertz CT molecular complexity index is 490. The zero-order valence-electron chi connectivity index (χ0n) is 14.7. The van der Waals surface area contributed by atoms with Crippen molar-refractivity contribution in [1.29, 1.82) is 0 Å². The highest BCUT2D eigenvalue weighted by molar-refractivity contribution is 5.41. The Morgan fingerprint density at radius 1 is 1.18 bits per heavy atom. The van der Waals surface area contributed by atoms with Crippen LogP contribution in [-0.4, -0.2) is 42.4 Å². The fraction of sp³-hybridized carbons (Fsp3) is 0.684. The SMILES string of the molecule is Cc1cc(C)c(C)c(OC[C@@H](O)CN2C[C@H](C)C[C@H](C)C2)c1. The lowest BCUT2D eigenvalue weighted by molar-refractivity contribution is 0.0427. The van der Waals surface area contributed by atoms with E-state index in [0.29, 0.717) is 13.2 Å². The van der Waals surface area contributed by atoms with E-state index in [1.807, 2.05) is 0 Å². The molecule has 0 spiro atoms. The summed E-state index contributed by atoms with van der Waals surface area (Å²) in [7, 11) is 0. The third kappa shape index (κ3) is 4.72. The van der Waals surface area contributed by atoms with Gasteiger partial charge in [-0.2, -0.15) is 0 Å². The molecule has 1 aliphatic heterocycles. The highest BCUT2D eigenvalue weighted by Gasteiger charge is 2.23. The van der Waals surface area contributed by atoms with Crippen molar-refractivity contribution in [3.8, 4) is 5.75 Å². The van der Waals surface area contributed by atoms with Gasteiger partial charge in [-0.15, -0.1) is 0 Å². The van der Waals surface area contributed by atoms with Crippen LogP contribution in [-0.2, 0) is 0 Å². The molecule has 3 heteroatoms. The van der Waals surface area contributed by atoms with Crippen LogP contribution < -0.4 is 4.74 Å². The lowest BCUT2D eigenvalue weighted by atomic mass is 9.92. The minimum absolute atomic E-state index is 0.364. The van der Waals surface area contributed by atoms with E-state index in [4.69, 9.17) is 4.74 Å². The minimum atomic E-state index is -0.433. The second kappa shape index (κ2) is 7.47. The topological polar surface area (TPSA) is 32.7 Å². The molecular weight excluding hydrogens is 274 g/mol. The summed E-state index contributed by atoms with van der Waals surface area (Å²) >= 11 is 0. The van der Waals surface area contributed by atoms with Gasteiger partial charge in [0, 0.05) is 19.6 Å². The van der Waals surface area contributed by atoms with E-state index < -0.39 is 6.10 Å². The molecule has 3 nitrogen and oxygen atoms in total. The molecule has 1 saturated heterocycles. The molecule has 2 rings (SSSR count). The van der Waals surface area contributed by atoms with E-state index in [1.165, 1.54) is 17.5 Å². The van der Waals surface area contributed by atoms with Gasteiger partial charge in [0.2, 0.25) is 0 Å². The van der Waals surface area contributed by atoms with Crippen molar-refractivity contribution in [1.82, 2.24) is 4.90 Å². The molecule has 1 aromatic rings. The third-order valence-corrected chi connectivity index (χ3v) is 4.61. The van der Waals surface area contributed by atoms with E-state index in [1.54, 1.807) is 0 Å². The number of aryl methyl sites for hydroxylation is 2. The van der Waals surface area contributed by atoms with E-state index in [0.717, 1.165) is 36.2 Å². The van der Waals surface area contributed by atoms with Crippen LogP contribution in [0.1, 0.15) is 37.0 Å². The molecule has 22 heavy (non-hydrogen) atoms. The Morgan fingerprint density at radius 2 is 1.82 bits per heavy atom. The van der Waals surface area contributed by atoms with Crippen LogP contribution >= 0.6 is 0 Å². The van der Waals surface area contributed by atoms with Gasteiger partial charge in [-0.3, -0.25) is 0 Å². The Kier molecular flexibility index (Phi) is 5.87. The highest BCUT2D eigenvalue weighted by Crippen LogP contribution is 2.24. The van der Waals surface area contributed by atoms with Gasteiger partial charge in [-0.1, -0.05) is 19.9 Å². The summed E-state index contributed by atoms with van der Waals surface area (Å²) in [6.07, 6.45) is 0.864. The summed E-state index contributed by atoms with van der Waals surface area (Å²) in [5.41, 5.74) is 3.60. The van der Waals surface area contributed by atoms with Crippen LogP contribution in [0.4, 0.5) is 0 Å². The molecule has 0 bridgehead atoms. The standard InChI is InChI=1S/C19H31NO2/c1-13-7-16(4)17(5)19(8-13)22-12-18(21)11-20-9-14(2)6-15(3)10-20/h7-8,14-15,18,21H,6,9-12H2,1-5H3/t14-,15+,18-/m0/s1. The maximum atomic E-state index is 10.3. The fourth-order valence-electron chi connectivity index (χ4n) is 3.63. The molecule has 0 aromatic heterocycles.